The molecule has 0 radical (unpaired) electrons. The van der Waals surface area contributed by atoms with Gasteiger partial charge in [-0.1, -0.05) is 13.0 Å². The maximum absolute atomic E-state index is 12.2. The highest BCUT2D eigenvalue weighted by molar-refractivity contribution is 5.49. The number of aryl methyl sites for hydroxylation is 2. The summed E-state index contributed by atoms with van der Waals surface area (Å²) >= 11 is 0. The molecule has 1 aromatic heterocycles. The molecule has 8 nitrogen and oxygen atoms in total. The van der Waals surface area contributed by atoms with E-state index < -0.39 is 0 Å². The predicted octanol–water partition coefficient (Wildman–Crippen LogP) is 1.82. The molecule has 26 heavy (non-hydrogen) atoms. The smallest absolute Gasteiger partial charge is 0.368 e. The lowest BCUT2D eigenvalue weighted by atomic mass is 10.1. The molecule has 0 amide bonds. The summed E-state index contributed by atoms with van der Waals surface area (Å²) in [6.07, 6.45) is 0.714. The molecule has 0 aliphatic heterocycles. The van der Waals surface area contributed by atoms with Gasteiger partial charge < -0.3 is 14.6 Å². The number of hydrogen-bond donors (Lipinski definition) is 1. The topological polar surface area (TPSA) is 91.4 Å². The lowest BCUT2D eigenvalue weighted by Gasteiger charge is -2.15. The van der Waals surface area contributed by atoms with E-state index in [1.54, 1.807) is 43.5 Å². The predicted molar refractivity (Wildman–Crippen MR) is 95.0 cm³/mol. The van der Waals surface area contributed by atoms with E-state index in [4.69, 9.17) is 9.47 Å². The van der Waals surface area contributed by atoms with E-state index in [9.17, 15) is 9.90 Å². The van der Waals surface area contributed by atoms with Crippen LogP contribution in [0.4, 0.5) is 0 Å². The van der Waals surface area contributed by atoms with Gasteiger partial charge in [0.25, 0.3) is 0 Å². The van der Waals surface area contributed by atoms with Gasteiger partial charge in [0.1, 0.15) is 23.9 Å². The third kappa shape index (κ3) is 3.26. The van der Waals surface area contributed by atoms with Crippen molar-refractivity contribution in [2.75, 3.05) is 7.11 Å². The Bertz CT molecular complexity index is 978. The number of aromatic hydroxyl groups is 1. The van der Waals surface area contributed by atoms with E-state index in [1.807, 2.05) is 6.92 Å². The Hall–Kier alpha value is -3.29. The summed E-state index contributed by atoms with van der Waals surface area (Å²) < 4.78 is 13.7. The van der Waals surface area contributed by atoms with Gasteiger partial charge in [0.05, 0.1) is 18.4 Å². The molecule has 0 fully saturated rings. The minimum Gasteiger partial charge on any atom is -0.508 e. The second-order valence-corrected chi connectivity index (χ2v) is 5.69. The molecule has 3 aromatic rings. The molecule has 0 atom stereocenters. The van der Waals surface area contributed by atoms with E-state index in [0.29, 0.717) is 29.2 Å². The maximum Gasteiger partial charge on any atom is 0.368 e. The van der Waals surface area contributed by atoms with Crippen molar-refractivity contribution in [2.45, 2.75) is 20.0 Å². The van der Waals surface area contributed by atoms with Crippen molar-refractivity contribution in [3.8, 4) is 22.9 Å². The Morgan fingerprint density at radius 2 is 1.96 bits per heavy atom. The Labute approximate surface area is 150 Å². The SMILES string of the molecule is CCc1cc(O)ccc1OCc1c(OC)cccc1-n1nnn(C)c1=O. The standard InChI is InChI=1S/C18H20N4O4/c1-4-12-10-13(23)8-9-16(12)26-11-14-15(6-5-7-17(14)25-3)22-18(24)21(2)19-20-22/h5-10,23H,4,11H2,1-3H3. The first kappa shape index (κ1) is 17.5. The van der Waals surface area contributed by atoms with Crippen molar-refractivity contribution in [3.63, 3.8) is 0 Å². The van der Waals surface area contributed by atoms with Gasteiger partial charge in [-0.2, -0.15) is 9.36 Å². The number of phenols is 1. The van der Waals surface area contributed by atoms with Crippen molar-refractivity contribution in [1.82, 2.24) is 19.8 Å². The second kappa shape index (κ2) is 7.30. The number of rotatable bonds is 6. The molecule has 1 heterocycles. The molecule has 0 saturated carbocycles. The molecule has 1 N–H and O–H groups in total. The molecule has 0 saturated heterocycles. The highest BCUT2D eigenvalue weighted by Crippen LogP contribution is 2.29. The largest absolute Gasteiger partial charge is 0.508 e. The van der Waals surface area contributed by atoms with Crippen molar-refractivity contribution >= 4 is 0 Å². The lowest BCUT2D eigenvalue weighted by Crippen LogP contribution is -2.23. The fourth-order valence-electron chi connectivity index (χ4n) is 2.69. The summed E-state index contributed by atoms with van der Waals surface area (Å²) in [5.74, 6) is 1.43. The molecular formula is C18H20N4O4. The normalized spacial score (nSPS) is 10.7. The molecule has 3 rings (SSSR count). The van der Waals surface area contributed by atoms with Crippen LogP contribution in [0, 0.1) is 0 Å². The van der Waals surface area contributed by atoms with Crippen molar-refractivity contribution < 1.29 is 14.6 Å². The van der Waals surface area contributed by atoms with Gasteiger partial charge in [-0.3, -0.25) is 0 Å². The van der Waals surface area contributed by atoms with Gasteiger partial charge in [-0.05, 0) is 52.7 Å². The van der Waals surface area contributed by atoms with Gasteiger partial charge in [0, 0.05) is 7.05 Å². The zero-order valence-corrected chi connectivity index (χ0v) is 14.8. The molecule has 0 aliphatic rings. The maximum atomic E-state index is 12.2. The number of hydrogen-bond acceptors (Lipinski definition) is 6. The lowest BCUT2D eigenvalue weighted by molar-refractivity contribution is 0.292. The van der Waals surface area contributed by atoms with Crippen LogP contribution in [0.15, 0.2) is 41.2 Å². The molecule has 136 valence electrons. The van der Waals surface area contributed by atoms with E-state index in [0.717, 1.165) is 10.2 Å². The minimum atomic E-state index is -0.363. The summed E-state index contributed by atoms with van der Waals surface area (Å²) in [6, 6.07) is 10.3. The van der Waals surface area contributed by atoms with Crippen molar-refractivity contribution in [1.29, 1.82) is 0 Å². The first-order chi connectivity index (χ1) is 12.5. The number of nitrogens with zero attached hydrogens (tertiary/aromatic N) is 4. The van der Waals surface area contributed by atoms with Crippen molar-refractivity contribution in [3.05, 3.63) is 58.0 Å². The molecule has 0 aliphatic carbocycles. The van der Waals surface area contributed by atoms with E-state index in [-0.39, 0.29) is 18.0 Å². The third-order valence-corrected chi connectivity index (χ3v) is 4.08. The van der Waals surface area contributed by atoms with E-state index in [1.165, 1.54) is 11.7 Å². The van der Waals surface area contributed by atoms with Crippen LogP contribution in [0.25, 0.3) is 5.69 Å². The van der Waals surface area contributed by atoms with Crippen LogP contribution in [0.5, 0.6) is 17.2 Å². The van der Waals surface area contributed by atoms with Crippen LogP contribution >= 0.6 is 0 Å². The molecule has 0 spiro atoms. The summed E-state index contributed by atoms with van der Waals surface area (Å²) in [4.78, 5) is 12.2. The highest BCUT2D eigenvalue weighted by Gasteiger charge is 2.16. The Morgan fingerprint density at radius 1 is 1.15 bits per heavy atom. The summed E-state index contributed by atoms with van der Waals surface area (Å²) in [5, 5.41) is 17.3. The Balaban J connectivity index is 1.99. The fourth-order valence-corrected chi connectivity index (χ4v) is 2.69. The van der Waals surface area contributed by atoms with Crippen molar-refractivity contribution in [2.24, 2.45) is 7.05 Å². The van der Waals surface area contributed by atoms with Gasteiger partial charge in [0.2, 0.25) is 0 Å². The van der Waals surface area contributed by atoms with Crippen LogP contribution in [0.1, 0.15) is 18.1 Å². The summed E-state index contributed by atoms with van der Waals surface area (Å²) in [5.41, 5.74) is 1.74. The quantitative estimate of drug-likeness (QED) is 0.724. The summed E-state index contributed by atoms with van der Waals surface area (Å²) in [6.45, 7) is 2.15. The molecule has 8 heteroatoms. The first-order valence-corrected chi connectivity index (χ1v) is 8.15. The third-order valence-electron chi connectivity index (χ3n) is 4.08. The summed E-state index contributed by atoms with van der Waals surface area (Å²) in [7, 11) is 3.09. The average Bonchev–Trinajstić information content (AvgIpc) is 2.99. The minimum absolute atomic E-state index is 0.167. The number of methoxy groups -OCH3 is 1. The monoisotopic (exact) mass is 356 g/mol. The molecular weight excluding hydrogens is 336 g/mol. The van der Waals surface area contributed by atoms with Crippen LogP contribution in [-0.2, 0) is 20.1 Å². The van der Waals surface area contributed by atoms with Crippen LogP contribution < -0.4 is 15.2 Å². The number of aromatic nitrogens is 4. The van der Waals surface area contributed by atoms with Crippen LogP contribution in [0.2, 0.25) is 0 Å². The van der Waals surface area contributed by atoms with Gasteiger partial charge in [0.15, 0.2) is 0 Å². The molecule has 0 unspecified atom stereocenters. The molecule has 2 aromatic carbocycles. The van der Waals surface area contributed by atoms with E-state index in [2.05, 4.69) is 10.4 Å². The number of ether oxygens (including phenoxy) is 2. The first-order valence-electron chi connectivity index (χ1n) is 8.15. The van der Waals surface area contributed by atoms with Gasteiger partial charge >= 0.3 is 5.69 Å². The second-order valence-electron chi connectivity index (χ2n) is 5.69. The zero-order chi connectivity index (χ0) is 18.7. The number of phenolic OH excluding ortho intramolecular Hbond substituents is 1. The number of benzene rings is 2. The Morgan fingerprint density at radius 3 is 2.62 bits per heavy atom. The van der Waals surface area contributed by atoms with Crippen LogP contribution in [0.3, 0.4) is 0 Å². The zero-order valence-electron chi connectivity index (χ0n) is 14.8. The van der Waals surface area contributed by atoms with E-state index >= 15 is 0 Å². The fraction of sp³-hybridized carbons (Fsp3) is 0.278. The van der Waals surface area contributed by atoms with Gasteiger partial charge in [-0.15, -0.1) is 0 Å². The Kier molecular flexibility index (Phi) is 4.92. The molecule has 0 bridgehead atoms. The number of tetrazole rings is 1. The average molecular weight is 356 g/mol. The van der Waals surface area contributed by atoms with Gasteiger partial charge in [-0.25, -0.2) is 4.79 Å². The van der Waals surface area contributed by atoms with Crippen LogP contribution in [-0.4, -0.2) is 32.0 Å². The highest BCUT2D eigenvalue weighted by atomic mass is 16.5.